The van der Waals surface area contributed by atoms with Gasteiger partial charge in [0.2, 0.25) is 41.4 Å². The van der Waals surface area contributed by atoms with Crippen molar-refractivity contribution in [3.8, 4) is 0 Å². The lowest BCUT2D eigenvalue weighted by molar-refractivity contribution is -0.140. The predicted octanol–water partition coefficient (Wildman–Crippen LogP) is -0.333. The summed E-state index contributed by atoms with van der Waals surface area (Å²) in [6.07, 6.45) is 3.57. The van der Waals surface area contributed by atoms with Crippen LogP contribution in [0.5, 0.6) is 0 Å². The van der Waals surface area contributed by atoms with Crippen LogP contribution in [0.1, 0.15) is 141 Å². The fraction of sp³-hybridized carbons (Fsp3) is 0.513. The zero-order valence-electron chi connectivity index (χ0n) is 66.3. The van der Waals surface area contributed by atoms with Gasteiger partial charge in [-0.3, -0.25) is 72.3 Å². The maximum atomic E-state index is 13.1. The number of aromatic amines is 2. The van der Waals surface area contributed by atoms with Gasteiger partial charge in [0.25, 0.3) is 22.9 Å². The lowest BCUT2D eigenvalue weighted by Gasteiger charge is -2.22. The number of carbonyl (C=O) groups excluding carboxylic acids is 9. The van der Waals surface area contributed by atoms with Gasteiger partial charge < -0.3 is 104 Å². The molecule has 43 nitrogen and oxygen atoms in total. The normalized spacial score (nSPS) is 11.9. The lowest BCUT2D eigenvalue weighted by atomic mass is 10.1. The smallest absolute Gasteiger partial charge is 0.326 e. The average Bonchev–Trinajstić information content (AvgIpc) is 0.812. The molecule has 0 bridgehead atoms. The summed E-state index contributed by atoms with van der Waals surface area (Å²) in [6, 6.07) is 8.59. The van der Waals surface area contributed by atoms with E-state index >= 15 is 0 Å². The molecule has 4 aromatic heterocycles. The van der Waals surface area contributed by atoms with Crippen molar-refractivity contribution in [1.82, 2.24) is 86.9 Å². The Morgan fingerprint density at radius 1 is 0.425 bits per heavy atom. The van der Waals surface area contributed by atoms with E-state index in [4.69, 9.17) is 35.9 Å². The lowest BCUT2D eigenvalue weighted by Crippen LogP contribution is -2.49. The van der Waals surface area contributed by atoms with E-state index in [9.17, 15) is 82.1 Å². The van der Waals surface area contributed by atoms with Crippen molar-refractivity contribution in [1.29, 1.82) is 0 Å². The van der Waals surface area contributed by atoms with Crippen molar-refractivity contribution >= 4 is 135 Å². The molecule has 2 unspecified atom stereocenters. The highest BCUT2D eigenvalue weighted by Crippen LogP contribution is 2.16. The van der Waals surface area contributed by atoms with E-state index in [1.807, 2.05) is 4.90 Å². The summed E-state index contributed by atoms with van der Waals surface area (Å²) >= 11 is 4.16. The van der Waals surface area contributed by atoms with Crippen LogP contribution in [0.3, 0.4) is 0 Å². The van der Waals surface area contributed by atoms with Crippen LogP contribution in [0.15, 0.2) is 70.5 Å². The number of anilines is 4. The minimum Gasteiger partial charge on any atom is -0.481 e. The number of nitrogens with zero attached hydrogens (tertiary/aromatic N) is 8. The molecule has 0 saturated carbocycles. The topological polar surface area (TPSA) is 640 Å². The molecule has 0 radical (unpaired) electrons. The number of thiol groups is 1. The van der Waals surface area contributed by atoms with Crippen molar-refractivity contribution in [2.75, 3.05) is 133 Å². The molecule has 0 aliphatic rings. The minimum atomic E-state index is -1.38. The van der Waals surface area contributed by atoms with Crippen LogP contribution in [0.25, 0.3) is 22.3 Å². The largest absolute Gasteiger partial charge is 0.481 e. The van der Waals surface area contributed by atoms with Crippen molar-refractivity contribution in [2.45, 2.75) is 140 Å². The number of carboxylic acids is 4. The number of H-pyrrole nitrogens is 2. The second kappa shape index (κ2) is 53.2. The van der Waals surface area contributed by atoms with Gasteiger partial charge in [-0.15, -0.1) is 0 Å². The Labute approximate surface area is 693 Å². The average molecular weight is 1700 g/mol. The van der Waals surface area contributed by atoms with Crippen molar-refractivity contribution in [3.05, 3.63) is 104 Å². The zero-order chi connectivity index (χ0) is 87.1. The number of nitrogens with two attached hydrogens (primary N) is 2. The molecule has 6 aromatic rings. The van der Waals surface area contributed by atoms with Gasteiger partial charge in [0.15, 0.2) is 22.3 Å². The fourth-order valence-corrected chi connectivity index (χ4v) is 11.7. The second-order valence-corrected chi connectivity index (χ2v) is 27.8. The molecule has 652 valence electrons. The number of fused-ring (bicyclic) bond motifs is 2. The van der Waals surface area contributed by atoms with E-state index in [0.29, 0.717) is 61.9 Å². The third kappa shape index (κ3) is 38.0. The number of Topliss-reactive ketones (excluding diaryl/α,β-unsaturated/α-hetero) is 2. The number of carboxylic acid groups (broad SMARTS) is 4. The minimum absolute atomic E-state index is 0.0157. The van der Waals surface area contributed by atoms with Crippen LogP contribution in [-0.2, 0) is 80.0 Å². The van der Waals surface area contributed by atoms with Crippen LogP contribution < -0.4 is 70.4 Å². The van der Waals surface area contributed by atoms with Gasteiger partial charge in [-0.1, -0.05) is 0 Å². The van der Waals surface area contributed by atoms with Crippen LogP contribution in [0, 0.1) is 0 Å². The first-order valence-corrected chi connectivity index (χ1v) is 39.7. The first-order valence-electron chi connectivity index (χ1n) is 39.0. The predicted molar refractivity (Wildman–Crippen MR) is 437 cm³/mol. The molecule has 0 saturated heterocycles. The Morgan fingerprint density at radius 2 is 0.833 bits per heavy atom. The molecule has 0 fully saturated rings. The summed E-state index contributed by atoms with van der Waals surface area (Å²) < 4.78 is 17.0. The number of ketones is 2. The van der Waals surface area contributed by atoms with Crippen LogP contribution >= 0.6 is 12.6 Å². The van der Waals surface area contributed by atoms with E-state index in [1.165, 1.54) is 36.7 Å². The maximum Gasteiger partial charge on any atom is 0.326 e. The molecule has 120 heavy (non-hydrogen) atoms. The summed E-state index contributed by atoms with van der Waals surface area (Å²) in [7, 11) is 0. The summed E-state index contributed by atoms with van der Waals surface area (Å²) in [5.41, 5.74) is 12.8. The van der Waals surface area contributed by atoms with Gasteiger partial charge in [-0.2, -0.15) is 22.6 Å². The Balaban J connectivity index is 0.850. The molecule has 7 amide bonds. The fourth-order valence-electron chi connectivity index (χ4n) is 11.5. The van der Waals surface area contributed by atoms with Crippen LogP contribution in [-0.4, -0.2) is 276 Å². The molecule has 0 spiro atoms. The molecular weight excluding hydrogens is 1590 g/mol. The summed E-state index contributed by atoms with van der Waals surface area (Å²) in [5, 5.41) is 62.5. The molecule has 4 heterocycles. The summed E-state index contributed by atoms with van der Waals surface area (Å²) in [4.78, 5) is 219. The van der Waals surface area contributed by atoms with Gasteiger partial charge in [-0.05, 0) is 93.5 Å². The maximum absolute atomic E-state index is 13.1. The number of hydrogen-bond donors (Lipinski definition) is 18. The quantitative estimate of drug-likeness (QED) is 0.0172. The zero-order valence-corrected chi connectivity index (χ0v) is 67.2. The summed E-state index contributed by atoms with van der Waals surface area (Å²) in [6.45, 7) is 4.04. The first kappa shape index (κ1) is 96.6. The number of nitrogens with one attached hydrogen (secondary N) is 11. The Kier molecular flexibility index (Phi) is 42.8. The Morgan fingerprint density at radius 3 is 1.27 bits per heavy atom. The molecular formula is C76H105N21O22S. The standard InChI is InChI=1S/C76H105N21O22S/c77-75-92-66-64(71(111)94-75)85-44-51(87-66)42-83-49-14-10-47(11-15-49)68(108)90-55(73(113)114)20-18-53(98)6-2-26-79-59(101)22-31-96(30-5-37-118-39-41-119-40-38-117-36-4-28-81-58(100)8-1-9-61(103)89-57(46-120)70(110)82-29-35-97(33-24-62(104)105)34-25-63(106)107)32-23-60(102)80-27-3-7-54(99)19-21-56(74(115)116)91-69(109)48-12-16-50(17-13-48)84-43-52-45-86-65-67(88-52)93-76(78)95-72(65)112/h10-17,44-45,55-57,83-84,120H,1-9,18-43,46H2,(H,79,101)(H,80,102)(H,81,100)(H,82,110)(H,89,103)(H,90,108)(H,91,109)(H,104,105)(H,106,107)(H,113,114)(H,115,116)(H3,77,87,92,94,111)(H3,78,88,93,95,112)/t55?,56?,57-/m0/s1. The van der Waals surface area contributed by atoms with E-state index in [-0.39, 0.29) is 269 Å². The number of benzene rings is 2. The number of aliphatic carboxylic acids is 4. The van der Waals surface area contributed by atoms with Gasteiger partial charge >= 0.3 is 23.9 Å². The molecule has 19 N–H and O–H groups in total. The third-order valence-corrected chi connectivity index (χ3v) is 18.4. The molecule has 2 aromatic carbocycles. The van der Waals surface area contributed by atoms with Crippen LogP contribution in [0.2, 0.25) is 0 Å². The highest BCUT2D eigenvalue weighted by atomic mass is 32.1. The monoisotopic (exact) mass is 1700 g/mol. The SMILES string of the molecule is Nc1nc2nc(CNc3ccc(C(=O)NC(CCC(=O)CCCNC(=O)CCN(CCCOCCOCCOCCCNC(=O)CCCC(=O)N[C@@H](CS)C(=O)NCCN(CCC(=O)O)CCC(=O)O)CCC(=O)NCCCC(=O)CCC(NC(=O)c4ccc(NCc5cnc6c(=O)[nH]c(N)nc6n5)cc4)C(=O)O)C(=O)O)cc3)cnc2c(=O)[nH]1. The van der Waals surface area contributed by atoms with E-state index in [0.717, 1.165) is 0 Å². The van der Waals surface area contributed by atoms with Crippen molar-refractivity contribution < 1.29 is 97.0 Å². The van der Waals surface area contributed by atoms with Crippen molar-refractivity contribution in [3.63, 3.8) is 0 Å². The Bertz CT molecular complexity index is 4310. The second-order valence-electron chi connectivity index (χ2n) is 27.4. The number of ether oxygens (including phenoxy) is 3. The molecule has 0 aliphatic heterocycles. The first-order chi connectivity index (χ1) is 57.6. The van der Waals surface area contributed by atoms with Gasteiger partial charge in [0, 0.05) is 158 Å². The number of amides is 7. The summed E-state index contributed by atoms with van der Waals surface area (Å²) in [5.74, 6) is -8.82. The molecule has 3 atom stereocenters. The van der Waals surface area contributed by atoms with Gasteiger partial charge in [-0.25, -0.2) is 29.5 Å². The number of nitrogen functional groups attached to an aromatic ring is 2. The van der Waals surface area contributed by atoms with Gasteiger partial charge in [0.05, 0.1) is 76.1 Å². The van der Waals surface area contributed by atoms with E-state index < -0.39 is 76.7 Å². The van der Waals surface area contributed by atoms with Crippen LogP contribution in [0.4, 0.5) is 23.3 Å². The molecule has 44 heteroatoms. The third-order valence-electron chi connectivity index (χ3n) is 18.0. The highest BCUT2D eigenvalue weighted by molar-refractivity contribution is 7.80. The number of rotatable bonds is 62. The number of hydrogen-bond acceptors (Lipinski definition) is 31. The van der Waals surface area contributed by atoms with E-state index in [2.05, 4.69) is 100 Å². The van der Waals surface area contributed by atoms with Crippen molar-refractivity contribution in [2.24, 2.45) is 0 Å². The number of carbonyl (C=O) groups is 13. The number of aromatic nitrogens is 8. The van der Waals surface area contributed by atoms with Gasteiger partial charge in [0.1, 0.15) is 29.7 Å². The van der Waals surface area contributed by atoms with E-state index in [1.54, 1.807) is 29.2 Å². The Hall–Kier alpha value is -12.3. The molecule has 6 rings (SSSR count). The molecule has 0 aliphatic carbocycles. The highest BCUT2D eigenvalue weighted by Gasteiger charge is 2.26.